The summed E-state index contributed by atoms with van der Waals surface area (Å²) in [7, 11) is 0. The molecule has 0 spiro atoms. The van der Waals surface area contributed by atoms with Gasteiger partial charge in [0, 0.05) is 55.4 Å². The molecule has 0 aromatic heterocycles. The van der Waals surface area contributed by atoms with E-state index in [-0.39, 0.29) is 12.2 Å². The van der Waals surface area contributed by atoms with E-state index >= 15 is 0 Å². The van der Waals surface area contributed by atoms with Crippen LogP contribution in [0.2, 0.25) is 0 Å². The summed E-state index contributed by atoms with van der Waals surface area (Å²) < 4.78 is 0. The third kappa shape index (κ3) is 4.64. The van der Waals surface area contributed by atoms with Crippen LogP contribution >= 0.6 is 0 Å². The van der Waals surface area contributed by atoms with Gasteiger partial charge in [-0.15, -0.1) is 0 Å². The SMILES string of the molecule is Nc1ccccc1CC(O)[C@]12CC(=O)C[C@](Cc3ccccc3)(CN(Cc3ccccc3)C1)C2O. The Labute approximate surface area is 207 Å². The minimum absolute atomic E-state index is 0.116. The van der Waals surface area contributed by atoms with Gasteiger partial charge in [-0.05, 0) is 29.2 Å². The molecule has 2 unspecified atom stereocenters. The summed E-state index contributed by atoms with van der Waals surface area (Å²) in [5.41, 5.74) is 8.31. The van der Waals surface area contributed by atoms with E-state index in [1.807, 2.05) is 60.7 Å². The number of fused-ring (bicyclic) bond motifs is 2. The normalized spacial score (nSPS) is 27.5. The van der Waals surface area contributed by atoms with Crippen LogP contribution in [0.1, 0.15) is 29.5 Å². The molecule has 3 aromatic rings. The zero-order chi connectivity index (χ0) is 24.5. The van der Waals surface area contributed by atoms with E-state index in [1.165, 1.54) is 5.56 Å². The first-order valence-corrected chi connectivity index (χ1v) is 12.4. The minimum Gasteiger partial charge on any atom is -0.399 e. The van der Waals surface area contributed by atoms with Crippen molar-refractivity contribution < 1.29 is 15.0 Å². The fourth-order valence-corrected chi connectivity index (χ4v) is 6.54. The van der Waals surface area contributed by atoms with Crippen LogP contribution in [-0.2, 0) is 24.2 Å². The summed E-state index contributed by atoms with van der Waals surface area (Å²) in [5.74, 6) is 0.116. The number of likely N-dealkylation sites (tertiary alicyclic amines) is 1. The Balaban J connectivity index is 1.53. The number of nitrogens with zero attached hydrogens (tertiary/aromatic N) is 1. The number of nitrogen functional groups attached to an aromatic ring is 1. The van der Waals surface area contributed by atoms with Gasteiger partial charge in [0.2, 0.25) is 0 Å². The van der Waals surface area contributed by atoms with Crippen molar-refractivity contribution in [3.05, 3.63) is 102 Å². The van der Waals surface area contributed by atoms with Crippen LogP contribution in [0.3, 0.4) is 0 Å². The summed E-state index contributed by atoms with van der Waals surface area (Å²) in [6.45, 7) is 1.77. The number of piperidine rings is 1. The summed E-state index contributed by atoms with van der Waals surface area (Å²) >= 11 is 0. The van der Waals surface area contributed by atoms with Gasteiger partial charge in [0.05, 0.1) is 12.2 Å². The van der Waals surface area contributed by atoms with Gasteiger partial charge < -0.3 is 15.9 Å². The molecule has 3 aromatic carbocycles. The third-order valence-corrected chi connectivity index (χ3v) is 8.04. The number of ketones is 1. The molecule has 4 atom stereocenters. The first-order valence-electron chi connectivity index (χ1n) is 12.4. The molecule has 4 N–H and O–H groups in total. The Bertz CT molecular complexity index is 1170. The Kier molecular flexibility index (Phi) is 6.49. The Hall–Kier alpha value is -2.99. The summed E-state index contributed by atoms with van der Waals surface area (Å²) in [4.78, 5) is 15.6. The number of hydrogen-bond acceptors (Lipinski definition) is 5. The lowest BCUT2D eigenvalue weighted by molar-refractivity contribution is -0.205. The molecule has 1 aliphatic heterocycles. The summed E-state index contributed by atoms with van der Waals surface area (Å²) in [5, 5.41) is 23.7. The molecule has 5 heteroatoms. The van der Waals surface area contributed by atoms with Crippen molar-refractivity contribution in [3.8, 4) is 0 Å². The van der Waals surface area contributed by atoms with Crippen molar-refractivity contribution in [1.82, 2.24) is 4.90 Å². The average Bonchev–Trinajstić information content (AvgIpc) is 2.84. The largest absolute Gasteiger partial charge is 0.399 e. The zero-order valence-corrected chi connectivity index (χ0v) is 20.0. The van der Waals surface area contributed by atoms with E-state index < -0.39 is 23.0 Å². The van der Waals surface area contributed by atoms with Crippen LogP contribution in [0.15, 0.2) is 84.9 Å². The third-order valence-electron chi connectivity index (χ3n) is 8.04. The van der Waals surface area contributed by atoms with E-state index in [1.54, 1.807) is 0 Å². The number of aliphatic hydroxyl groups excluding tert-OH is 2. The van der Waals surface area contributed by atoms with Crippen molar-refractivity contribution in [1.29, 1.82) is 0 Å². The quantitative estimate of drug-likeness (QED) is 0.459. The Morgan fingerprint density at radius 1 is 0.886 bits per heavy atom. The highest BCUT2D eigenvalue weighted by Gasteiger charge is 2.62. The van der Waals surface area contributed by atoms with Gasteiger partial charge in [-0.1, -0.05) is 78.9 Å². The maximum atomic E-state index is 13.2. The molecular weight excluding hydrogens is 436 g/mol. The van der Waals surface area contributed by atoms with Gasteiger partial charge in [0.15, 0.2) is 0 Å². The van der Waals surface area contributed by atoms with Gasteiger partial charge in [0.25, 0.3) is 0 Å². The minimum atomic E-state index is -0.959. The van der Waals surface area contributed by atoms with Crippen LogP contribution in [-0.4, -0.2) is 46.2 Å². The Morgan fingerprint density at radius 3 is 2.20 bits per heavy atom. The number of rotatable bonds is 7. The lowest BCUT2D eigenvalue weighted by Gasteiger charge is -2.60. The van der Waals surface area contributed by atoms with Gasteiger partial charge in [-0.2, -0.15) is 0 Å². The molecule has 5 nitrogen and oxygen atoms in total. The second kappa shape index (κ2) is 9.57. The number of nitrogens with two attached hydrogens (primary N) is 1. The van der Waals surface area contributed by atoms with Crippen molar-refractivity contribution >= 4 is 11.5 Å². The van der Waals surface area contributed by atoms with Crippen LogP contribution in [0.4, 0.5) is 5.69 Å². The second-order valence-corrected chi connectivity index (χ2v) is 10.6. The standard InChI is InChI=1S/C30H34N2O3/c31-26-14-8-7-13-24(26)15-27(34)30-18-25(33)17-29(28(30)35,16-22-9-3-1-4-10-22)20-32(21-30)19-23-11-5-2-6-12-23/h1-14,27-28,34-35H,15-21,31H2/t27?,28?,29-,30+/m1/s1. The van der Waals surface area contributed by atoms with Crippen molar-refractivity contribution in [3.63, 3.8) is 0 Å². The molecule has 2 aliphatic rings. The molecule has 1 saturated heterocycles. The van der Waals surface area contributed by atoms with Crippen LogP contribution < -0.4 is 5.73 Å². The molecule has 35 heavy (non-hydrogen) atoms. The van der Waals surface area contributed by atoms with Gasteiger partial charge >= 0.3 is 0 Å². The first kappa shape index (κ1) is 23.7. The predicted octanol–water partition coefficient (Wildman–Crippen LogP) is 3.63. The summed E-state index contributed by atoms with van der Waals surface area (Å²) in [6.07, 6.45) is -0.328. The molecule has 1 heterocycles. The summed E-state index contributed by atoms with van der Waals surface area (Å²) in [6, 6.07) is 27.8. The second-order valence-electron chi connectivity index (χ2n) is 10.6. The lowest BCUT2D eigenvalue weighted by Crippen LogP contribution is -2.70. The zero-order valence-electron chi connectivity index (χ0n) is 20.0. The number of carbonyl (C=O) groups excluding carboxylic acids is 1. The molecule has 0 radical (unpaired) electrons. The van der Waals surface area contributed by atoms with Crippen LogP contribution in [0, 0.1) is 10.8 Å². The van der Waals surface area contributed by atoms with Crippen LogP contribution in [0.5, 0.6) is 0 Å². The maximum absolute atomic E-state index is 13.2. The highest BCUT2D eigenvalue weighted by Crippen LogP contribution is 2.53. The number of Topliss-reactive ketones (excluding diaryl/α,β-unsaturated/α-hetero) is 1. The van der Waals surface area contributed by atoms with Crippen molar-refractivity contribution in [2.24, 2.45) is 10.8 Å². The Morgan fingerprint density at radius 2 is 1.51 bits per heavy atom. The average molecular weight is 471 g/mol. The van der Waals surface area contributed by atoms with Crippen molar-refractivity contribution in [2.45, 2.75) is 44.4 Å². The monoisotopic (exact) mass is 470 g/mol. The highest BCUT2D eigenvalue weighted by atomic mass is 16.3. The van der Waals surface area contributed by atoms with Crippen LogP contribution in [0.25, 0.3) is 0 Å². The fourth-order valence-electron chi connectivity index (χ4n) is 6.54. The van der Waals surface area contributed by atoms with Gasteiger partial charge in [-0.25, -0.2) is 0 Å². The molecule has 1 saturated carbocycles. The predicted molar refractivity (Wildman–Crippen MR) is 138 cm³/mol. The number of para-hydroxylation sites is 1. The number of benzene rings is 3. The topological polar surface area (TPSA) is 86.8 Å². The molecule has 2 bridgehead atoms. The van der Waals surface area contributed by atoms with Crippen molar-refractivity contribution in [2.75, 3.05) is 18.8 Å². The molecule has 0 amide bonds. The highest BCUT2D eigenvalue weighted by molar-refractivity contribution is 5.82. The molecule has 5 rings (SSSR count). The van der Waals surface area contributed by atoms with Gasteiger partial charge in [-0.3, -0.25) is 9.69 Å². The lowest BCUT2D eigenvalue weighted by atomic mass is 9.52. The van der Waals surface area contributed by atoms with E-state index in [0.29, 0.717) is 44.6 Å². The smallest absolute Gasteiger partial charge is 0.134 e. The van der Waals surface area contributed by atoms with E-state index in [0.717, 1.165) is 11.1 Å². The molecule has 2 fully saturated rings. The number of hydrogen-bond donors (Lipinski definition) is 3. The first-order chi connectivity index (χ1) is 16.9. The molecular formula is C30H34N2O3. The van der Waals surface area contributed by atoms with E-state index in [9.17, 15) is 15.0 Å². The van der Waals surface area contributed by atoms with Gasteiger partial charge in [0.1, 0.15) is 5.78 Å². The van der Waals surface area contributed by atoms with E-state index in [4.69, 9.17) is 5.73 Å². The van der Waals surface area contributed by atoms with E-state index in [2.05, 4.69) is 29.2 Å². The number of carbonyl (C=O) groups is 1. The molecule has 1 aliphatic carbocycles. The number of anilines is 1. The molecule has 182 valence electrons. The maximum Gasteiger partial charge on any atom is 0.134 e. The number of aliphatic hydroxyl groups is 2. The fraction of sp³-hybridized carbons (Fsp3) is 0.367.